The van der Waals surface area contributed by atoms with Crippen molar-refractivity contribution in [3.63, 3.8) is 0 Å². The number of ketones is 3. The van der Waals surface area contributed by atoms with E-state index in [0.717, 1.165) is 49.5 Å². The summed E-state index contributed by atoms with van der Waals surface area (Å²) in [5.74, 6) is -0.103. The van der Waals surface area contributed by atoms with Gasteiger partial charge in [-0.05, 0) is 37.5 Å². The van der Waals surface area contributed by atoms with Crippen molar-refractivity contribution < 1.29 is 32.5 Å². The summed E-state index contributed by atoms with van der Waals surface area (Å²) < 4.78 is 31.3. The number of aryl methyl sites for hydroxylation is 1. The third-order valence-electron chi connectivity index (χ3n) is 7.12. The number of Topliss-reactive ketones (excluding diaryl/α,β-unsaturated/α-hetero) is 3. The summed E-state index contributed by atoms with van der Waals surface area (Å²) >= 11 is 12.3. The summed E-state index contributed by atoms with van der Waals surface area (Å²) in [6, 6.07) is 5.90. The monoisotopic (exact) mass is 676 g/mol. The molecule has 2 aliphatic rings. The molecule has 1 fully saturated rings. The van der Waals surface area contributed by atoms with Gasteiger partial charge in [-0.25, -0.2) is 13.2 Å². The van der Waals surface area contributed by atoms with Crippen LogP contribution in [0.2, 0.25) is 10.0 Å². The Morgan fingerprint density at radius 1 is 1.09 bits per heavy atom. The Morgan fingerprint density at radius 3 is 2.38 bits per heavy atom. The zero-order valence-electron chi connectivity index (χ0n) is 23.8. The lowest BCUT2D eigenvalue weighted by Crippen LogP contribution is -2.35. The van der Waals surface area contributed by atoms with Gasteiger partial charge < -0.3 is 4.74 Å². The molecule has 0 N–H and O–H groups in total. The Kier molecular flexibility index (Phi) is 10.3. The highest BCUT2D eigenvalue weighted by Gasteiger charge is 2.39. The molecule has 45 heavy (non-hydrogen) atoms. The van der Waals surface area contributed by atoms with Crippen LogP contribution in [0.4, 0.5) is 5.69 Å². The number of carbonyl (C=O) groups is 3. The molecule has 0 radical (unpaired) electrons. The fourth-order valence-corrected chi connectivity index (χ4v) is 6.08. The number of nitrogens with zero attached hydrogens (tertiary/aromatic N) is 4. The van der Waals surface area contributed by atoms with Crippen LogP contribution in [0.5, 0.6) is 5.75 Å². The summed E-state index contributed by atoms with van der Waals surface area (Å²) in [4.78, 5) is 58.4. The largest absolute Gasteiger partial charge is 0.479 e. The molecule has 1 aromatic heterocycles. The van der Waals surface area contributed by atoms with E-state index in [1.54, 1.807) is 10.6 Å². The standard InChI is InChI=1S/C15H13Cl2N3O2.C14H13NO7S/c1-2-7-22-13-9-12(10(16)8-11(13)17)20-15(21)19-6-4-3-5-14(19)18-20;1-23(21,22)8-5-6-9(10(7-8)15(19)20)14(18)13-11(16)3-2-4-12(13)17/h1,8-9H,3-7H2;5-7,13H,2-4H2,1H3. The molecule has 16 heteroatoms. The minimum absolute atomic E-state index is 0.0668. The van der Waals surface area contributed by atoms with Crippen LogP contribution < -0.4 is 10.4 Å². The maximum atomic E-state index is 12.5. The van der Waals surface area contributed by atoms with E-state index in [9.17, 15) is 37.7 Å². The molecular formula is C29H26Cl2N4O9S. The van der Waals surface area contributed by atoms with Crippen molar-refractivity contribution in [2.75, 3.05) is 12.9 Å². The summed E-state index contributed by atoms with van der Waals surface area (Å²) in [7, 11) is -3.70. The molecule has 0 unspecified atom stereocenters. The predicted molar refractivity (Wildman–Crippen MR) is 163 cm³/mol. The number of hydrogen-bond donors (Lipinski definition) is 0. The fraction of sp³-hybridized carbons (Fsp3) is 0.345. The number of sulfone groups is 1. The molecule has 236 valence electrons. The summed E-state index contributed by atoms with van der Waals surface area (Å²) in [5.41, 5.74) is -0.938. The molecule has 0 saturated heterocycles. The van der Waals surface area contributed by atoms with Crippen LogP contribution in [0.3, 0.4) is 0 Å². The zero-order chi connectivity index (χ0) is 33.1. The minimum atomic E-state index is -3.70. The first-order valence-electron chi connectivity index (χ1n) is 13.6. The van der Waals surface area contributed by atoms with E-state index in [1.807, 2.05) is 0 Å². The number of terminal acetylenes is 1. The molecule has 1 aliphatic heterocycles. The molecular weight excluding hydrogens is 651 g/mol. The number of nitro benzene ring substituents is 1. The summed E-state index contributed by atoms with van der Waals surface area (Å²) in [5, 5.41) is 16.2. The highest BCUT2D eigenvalue weighted by atomic mass is 35.5. The molecule has 2 aromatic carbocycles. The van der Waals surface area contributed by atoms with Crippen LogP contribution in [0.25, 0.3) is 5.69 Å². The maximum absolute atomic E-state index is 12.5. The highest BCUT2D eigenvalue weighted by molar-refractivity contribution is 7.90. The van der Waals surface area contributed by atoms with Crippen molar-refractivity contribution in [3.05, 3.63) is 72.4 Å². The van der Waals surface area contributed by atoms with E-state index < -0.39 is 49.3 Å². The lowest BCUT2D eigenvalue weighted by atomic mass is 9.81. The second-order valence-electron chi connectivity index (χ2n) is 10.2. The van der Waals surface area contributed by atoms with Crippen molar-refractivity contribution in [1.29, 1.82) is 0 Å². The Labute approximate surface area is 267 Å². The van der Waals surface area contributed by atoms with E-state index >= 15 is 0 Å². The first kappa shape index (κ1) is 33.6. The number of fused-ring (bicyclic) bond motifs is 1. The molecule has 0 bridgehead atoms. The molecule has 2 heterocycles. The van der Waals surface area contributed by atoms with Crippen molar-refractivity contribution in [2.45, 2.75) is 50.0 Å². The molecule has 3 aromatic rings. The first-order chi connectivity index (χ1) is 21.2. The van der Waals surface area contributed by atoms with Gasteiger partial charge in [0, 0.05) is 44.2 Å². The second-order valence-corrected chi connectivity index (χ2v) is 13.1. The van der Waals surface area contributed by atoms with Crippen molar-refractivity contribution in [2.24, 2.45) is 5.92 Å². The quantitative estimate of drug-likeness (QED) is 0.117. The lowest BCUT2D eigenvalue weighted by molar-refractivity contribution is -0.385. The summed E-state index contributed by atoms with van der Waals surface area (Å²) in [6.45, 7) is 0.759. The number of ether oxygens (including phenoxy) is 1. The van der Waals surface area contributed by atoms with Crippen LogP contribution >= 0.6 is 23.2 Å². The Hall–Kier alpha value is -4.32. The number of aromatic nitrogens is 3. The second kappa shape index (κ2) is 13.8. The maximum Gasteiger partial charge on any atom is 0.350 e. The SMILES string of the molecule is C#CCOc1cc(-n2nc3n(c2=O)CCCC3)c(Cl)cc1Cl.CS(=O)(=O)c1ccc(C(=O)C2C(=O)CCCC2=O)c([N+](=O)[O-])c1. The van der Waals surface area contributed by atoms with Crippen LogP contribution in [-0.2, 0) is 32.4 Å². The van der Waals surface area contributed by atoms with Gasteiger partial charge in [0.1, 0.15) is 24.1 Å². The minimum Gasteiger partial charge on any atom is -0.479 e. The number of rotatable bonds is 7. The van der Waals surface area contributed by atoms with Crippen molar-refractivity contribution in [3.8, 4) is 23.8 Å². The molecule has 1 saturated carbocycles. The third kappa shape index (κ3) is 7.33. The van der Waals surface area contributed by atoms with Crippen LogP contribution in [-0.4, -0.2) is 57.9 Å². The van der Waals surface area contributed by atoms with Crippen molar-refractivity contribution >= 4 is 56.1 Å². The van der Waals surface area contributed by atoms with Gasteiger partial charge in [-0.2, -0.15) is 4.68 Å². The van der Waals surface area contributed by atoms with E-state index in [2.05, 4.69) is 11.0 Å². The third-order valence-corrected chi connectivity index (χ3v) is 8.83. The first-order valence-corrected chi connectivity index (χ1v) is 16.2. The van der Waals surface area contributed by atoms with E-state index in [4.69, 9.17) is 34.4 Å². The smallest absolute Gasteiger partial charge is 0.350 e. The van der Waals surface area contributed by atoms with Gasteiger partial charge >= 0.3 is 5.69 Å². The Bertz CT molecular complexity index is 1910. The van der Waals surface area contributed by atoms with Gasteiger partial charge in [-0.15, -0.1) is 11.5 Å². The topological polar surface area (TPSA) is 178 Å². The number of halogens is 2. The fourth-order valence-electron chi connectivity index (χ4n) is 4.92. The van der Waals surface area contributed by atoms with Gasteiger partial charge in [-0.1, -0.05) is 29.1 Å². The molecule has 0 spiro atoms. The van der Waals surface area contributed by atoms with Gasteiger partial charge in [0.15, 0.2) is 27.2 Å². The molecule has 13 nitrogen and oxygen atoms in total. The highest BCUT2D eigenvalue weighted by Crippen LogP contribution is 2.33. The molecule has 5 rings (SSSR count). The van der Waals surface area contributed by atoms with Crippen LogP contribution in [0.15, 0.2) is 40.0 Å². The molecule has 1 aliphatic carbocycles. The van der Waals surface area contributed by atoms with Gasteiger partial charge in [-0.3, -0.25) is 29.1 Å². The van der Waals surface area contributed by atoms with Gasteiger partial charge in [0.2, 0.25) is 0 Å². The number of hydrogen-bond acceptors (Lipinski definition) is 10. The van der Waals surface area contributed by atoms with E-state index in [0.29, 0.717) is 34.4 Å². The molecule has 0 amide bonds. The average molecular weight is 678 g/mol. The van der Waals surface area contributed by atoms with Crippen LogP contribution in [0, 0.1) is 28.4 Å². The normalized spacial score (nSPS) is 15.0. The van der Waals surface area contributed by atoms with E-state index in [1.165, 1.54) is 10.7 Å². The lowest BCUT2D eigenvalue weighted by Gasteiger charge is -2.18. The Morgan fingerprint density at radius 2 is 1.78 bits per heavy atom. The van der Waals surface area contributed by atoms with Crippen molar-refractivity contribution in [1.82, 2.24) is 14.3 Å². The van der Waals surface area contributed by atoms with E-state index in [-0.39, 0.29) is 30.0 Å². The Balaban J connectivity index is 0.000000205. The number of carbonyl (C=O) groups excluding carboxylic acids is 3. The van der Waals surface area contributed by atoms with Crippen LogP contribution in [0.1, 0.15) is 48.3 Å². The van der Waals surface area contributed by atoms with Gasteiger partial charge in [0.05, 0.1) is 31.1 Å². The molecule has 0 atom stereocenters. The number of benzene rings is 2. The number of nitro groups is 1. The average Bonchev–Trinajstić information content (AvgIpc) is 3.32. The van der Waals surface area contributed by atoms with Gasteiger partial charge in [0.25, 0.3) is 5.69 Å². The zero-order valence-corrected chi connectivity index (χ0v) is 26.2. The predicted octanol–water partition coefficient (Wildman–Crippen LogP) is 3.81. The summed E-state index contributed by atoms with van der Waals surface area (Å²) in [6.07, 6.45) is 9.34.